The number of allylic oxidation sites excluding steroid dienone is 1. The summed E-state index contributed by atoms with van der Waals surface area (Å²) in [4.78, 5) is 0. The topological polar surface area (TPSA) is 103 Å². The maximum Gasteiger partial charge on any atom is 0.125 e. The molecule has 0 bridgehead atoms. The molecule has 0 amide bonds. The number of benzene rings is 4. The van der Waals surface area contributed by atoms with Crippen LogP contribution in [-0.2, 0) is 26.1 Å². The van der Waals surface area contributed by atoms with E-state index in [1.807, 2.05) is 66.7 Å². The standard InChI is InChI=1S/C37H42N2O5/c40-24-31-21-30(15-18-36(31)43-25-28-7-2-1-3-8-28)35(42)23-38-20-19-27-13-16-32(17-14-27)39-22-33(41)26-44-37-12-6-10-29-9-4-5-11-34(29)37/h1-4,6-10,12-18,21,33,35,38-42H,5,11,19-20,22-26H2. The van der Waals surface area contributed by atoms with Gasteiger partial charge in [0.1, 0.15) is 30.8 Å². The van der Waals surface area contributed by atoms with E-state index in [0.29, 0.717) is 37.6 Å². The van der Waals surface area contributed by atoms with Gasteiger partial charge in [-0.05, 0) is 78.4 Å². The summed E-state index contributed by atoms with van der Waals surface area (Å²) in [6, 6.07) is 29.5. The first-order valence-electron chi connectivity index (χ1n) is 15.3. The van der Waals surface area contributed by atoms with E-state index in [9.17, 15) is 15.3 Å². The average molecular weight is 595 g/mol. The van der Waals surface area contributed by atoms with Gasteiger partial charge in [-0.2, -0.15) is 0 Å². The van der Waals surface area contributed by atoms with Crippen LogP contribution >= 0.6 is 0 Å². The van der Waals surface area contributed by atoms with Gasteiger partial charge in [0.2, 0.25) is 0 Å². The maximum atomic E-state index is 10.7. The second-order valence-electron chi connectivity index (χ2n) is 11.1. The monoisotopic (exact) mass is 594 g/mol. The summed E-state index contributed by atoms with van der Waals surface area (Å²) in [5.41, 5.74) is 6.95. The van der Waals surface area contributed by atoms with Crippen LogP contribution in [0.3, 0.4) is 0 Å². The smallest absolute Gasteiger partial charge is 0.125 e. The van der Waals surface area contributed by atoms with Crippen LogP contribution in [0.1, 0.15) is 45.9 Å². The number of nitrogens with one attached hydrogen (secondary N) is 2. The van der Waals surface area contributed by atoms with E-state index >= 15 is 0 Å². The zero-order chi connectivity index (χ0) is 30.6. The van der Waals surface area contributed by atoms with Crippen molar-refractivity contribution >= 4 is 11.8 Å². The summed E-state index contributed by atoms with van der Waals surface area (Å²) in [7, 11) is 0. The minimum absolute atomic E-state index is 0.164. The van der Waals surface area contributed by atoms with Crippen molar-refractivity contribution in [1.82, 2.24) is 5.32 Å². The molecule has 230 valence electrons. The summed E-state index contributed by atoms with van der Waals surface area (Å²) in [5.74, 6) is 1.47. The lowest BCUT2D eigenvalue weighted by Gasteiger charge is -2.18. The summed E-state index contributed by atoms with van der Waals surface area (Å²) < 4.78 is 11.8. The van der Waals surface area contributed by atoms with Gasteiger partial charge in [0.25, 0.3) is 0 Å². The third kappa shape index (κ3) is 8.94. The van der Waals surface area contributed by atoms with Crippen molar-refractivity contribution in [1.29, 1.82) is 0 Å². The molecule has 5 N–H and O–H groups in total. The van der Waals surface area contributed by atoms with Crippen LogP contribution < -0.4 is 20.1 Å². The molecule has 0 heterocycles. The highest BCUT2D eigenvalue weighted by Gasteiger charge is 2.13. The highest BCUT2D eigenvalue weighted by molar-refractivity contribution is 5.60. The summed E-state index contributed by atoms with van der Waals surface area (Å²) in [6.07, 6.45) is 5.76. The molecule has 4 aromatic rings. The Labute approximate surface area is 259 Å². The molecule has 7 heteroatoms. The zero-order valence-corrected chi connectivity index (χ0v) is 25.0. The fraction of sp³-hybridized carbons (Fsp3) is 0.297. The van der Waals surface area contributed by atoms with Crippen molar-refractivity contribution in [3.05, 3.63) is 130 Å². The molecule has 1 aliphatic rings. The van der Waals surface area contributed by atoms with Gasteiger partial charge in [0, 0.05) is 29.9 Å². The Bertz CT molecular complexity index is 1490. The van der Waals surface area contributed by atoms with E-state index in [1.165, 1.54) is 16.7 Å². The Hall–Kier alpha value is -4.14. The Morgan fingerprint density at radius 2 is 1.64 bits per heavy atom. The number of aliphatic hydroxyl groups is 3. The molecule has 4 aromatic carbocycles. The molecular formula is C37H42N2O5. The predicted molar refractivity (Wildman–Crippen MR) is 175 cm³/mol. The van der Waals surface area contributed by atoms with Crippen LogP contribution in [0.2, 0.25) is 0 Å². The van der Waals surface area contributed by atoms with Gasteiger partial charge in [-0.3, -0.25) is 0 Å². The Balaban J connectivity index is 1.000. The van der Waals surface area contributed by atoms with Crippen molar-refractivity contribution in [2.24, 2.45) is 0 Å². The van der Waals surface area contributed by atoms with E-state index in [0.717, 1.165) is 41.8 Å². The van der Waals surface area contributed by atoms with Crippen molar-refractivity contribution in [2.45, 2.75) is 44.7 Å². The van der Waals surface area contributed by atoms with Crippen molar-refractivity contribution in [2.75, 3.05) is 31.6 Å². The van der Waals surface area contributed by atoms with Gasteiger partial charge in [-0.25, -0.2) is 0 Å². The molecule has 2 atom stereocenters. The molecule has 0 fully saturated rings. The van der Waals surface area contributed by atoms with E-state index in [4.69, 9.17) is 9.47 Å². The third-order valence-corrected chi connectivity index (χ3v) is 7.76. The number of fused-ring (bicyclic) bond motifs is 1. The van der Waals surface area contributed by atoms with Crippen molar-refractivity contribution in [3.63, 3.8) is 0 Å². The Morgan fingerprint density at radius 1 is 0.795 bits per heavy atom. The second kappa shape index (κ2) is 16.1. The van der Waals surface area contributed by atoms with E-state index < -0.39 is 12.2 Å². The van der Waals surface area contributed by atoms with Gasteiger partial charge in [-0.1, -0.05) is 72.8 Å². The van der Waals surface area contributed by atoms with Crippen LogP contribution in [0.4, 0.5) is 5.69 Å². The van der Waals surface area contributed by atoms with Gasteiger partial charge >= 0.3 is 0 Å². The molecule has 5 rings (SSSR count). The number of ether oxygens (including phenoxy) is 2. The number of anilines is 1. The third-order valence-electron chi connectivity index (χ3n) is 7.76. The number of aliphatic hydroxyl groups excluding tert-OH is 3. The van der Waals surface area contributed by atoms with Crippen LogP contribution in [0, 0.1) is 0 Å². The number of hydrogen-bond donors (Lipinski definition) is 5. The molecule has 7 nitrogen and oxygen atoms in total. The second-order valence-corrected chi connectivity index (χ2v) is 11.1. The lowest BCUT2D eigenvalue weighted by Crippen LogP contribution is -2.26. The lowest BCUT2D eigenvalue weighted by atomic mass is 9.97. The molecule has 0 spiro atoms. The Kier molecular flexibility index (Phi) is 11.4. The molecule has 44 heavy (non-hydrogen) atoms. The molecule has 2 unspecified atom stereocenters. The van der Waals surface area contributed by atoms with Gasteiger partial charge < -0.3 is 35.4 Å². The highest BCUT2D eigenvalue weighted by Crippen LogP contribution is 2.28. The maximum absolute atomic E-state index is 10.7. The van der Waals surface area contributed by atoms with E-state index in [2.05, 4.69) is 41.0 Å². The van der Waals surface area contributed by atoms with Gasteiger partial charge in [-0.15, -0.1) is 0 Å². The normalized spacial score (nSPS) is 13.6. The van der Waals surface area contributed by atoms with E-state index in [-0.39, 0.29) is 13.2 Å². The lowest BCUT2D eigenvalue weighted by molar-refractivity contribution is 0.117. The minimum atomic E-state index is -0.699. The first kappa shape index (κ1) is 31.3. The largest absolute Gasteiger partial charge is 0.491 e. The van der Waals surface area contributed by atoms with Gasteiger partial charge in [0.15, 0.2) is 0 Å². The number of rotatable bonds is 16. The highest BCUT2D eigenvalue weighted by atomic mass is 16.5. The van der Waals surface area contributed by atoms with E-state index in [1.54, 1.807) is 6.07 Å². The SMILES string of the molecule is OCc1cc(C(O)CNCCc2ccc(NCC(O)COc3cccc4c3CCC=C4)cc2)ccc1OCc1ccccc1. The summed E-state index contributed by atoms with van der Waals surface area (Å²) in [6.45, 7) is 1.99. The molecule has 0 saturated carbocycles. The van der Waals surface area contributed by atoms with Crippen molar-refractivity contribution < 1.29 is 24.8 Å². The molecular weight excluding hydrogens is 552 g/mol. The zero-order valence-electron chi connectivity index (χ0n) is 25.0. The summed E-state index contributed by atoms with van der Waals surface area (Å²) in [5, 5.41) is 37.6. The quantitative estimate of drug-likeness (QED) is 0.110. The molecule has 0 aromatic heterocycles. The van der Waals surface area contributed by atoms with Crippen LogP contribution in [0.5, 0.6) is 11.5 Å². The van der Waals surface area contributed by atoms with Crippen LogP contribution in [0.15, 0.2) is 97.1 Å². The average Bonchev–Trinajstić information content (AvgIpc) is 3.08. The van der Waals surface area contributed by atoms with Crippen molar-refractivity contribution in [3.8, 4) is 11.5 Å². The summed E-state index contributed by atoms with van der Waals surface area (Å²) >= 11 is 0. The Morgan fingerprint density at radius 3 is 2.45 bits per heavy atom. The molecule has 0 aliphatic heterocycles. The van der Waals surface area contributed by atoms with Gasteiger partial charge in [0.05, 0.1) is 12.7 Å². The fourth-order valence-corrected chi connectivity index (χ4v) is 5.25. The minimum Gasteiger partial charge on any atom is -0.491 e. The molecule has 1 aliphatic carbocycles. The first-order valence-corrected chi connectivity index (χ1v) is 15.3. The molecule has 0 radical (unpaired) electrons. The fourth-order valence-electron chi connectivity index (χ4n) is 5.25. The predicted octanol–water partition coefficient (Wildman–Crippen LogP) is 5.43. The first-order chi connectivity index (χ1) is 21.6. The van der Waals surface area contributed by atoms with Crippen LogP contribution in [0.25, 0.3) is 6.08 Å². The van der Waals surface area contributed by atoms with Crippen LogP contribution in [-0.4, -0.2) is 47.7 Å². The number of hydrogen-bond acceptors (Lipinski definition) is 7. The molecule has 0 saturated heterocycles.